The first-order valence-electron chi connectivity index (χ1n) is 6.44. The third-order valence-corrected chi connectivity index (χ3v) is 5.39. The lowest BCUT2D eigenvalue weighted by molar-refractivity contribution is 0.581. The number of anilines is 1. The van der Waals surface area contributed by atoms with Crippen LogP contribution in [0, 0.1) is 0 Å². The van der Waals surface area contributed by atoms with E-state index in [9.17, 15) is 8.42 Å². The van der Waals surface area contributed by atoms with Crippen molar-refractivity contribution >= 4 is 43.1 Å². The van der Waals surface area contributed by atoms with Crippen molar-refractivity contribution in [2.45, 2.75) is 24.8 Å². The third kappa shape index (κ3) is 4.50. The van der Waals surface area contributed by atoms with E-state index in [0.29, 0.717) is 16.8 Å². The second-order valence-corrected chi connectivity index (χ2v) is 8.01. The monoisotopic (exact) mass is 389 g/mol. The van der Waals surface area contributed by atoms with Crippen LogP contribution in [0.5, 0.6) is 0 Å². The first-order valence-corrected chi connectivity index (χ1v) is 9.60. The molecule has 0 aliphatic rings. The molecular formula is C13H16BrN3O2S2. The topological polar surface area (TPSA) is 71.1 Å². The van der Waals surface area contributed by atoms with E-state index < -0.39 is 10.0 Å². The Bertz CT molecular complexity index is 687. The van der Waals surface area contributed by atoms with E-state index in [-0.39, 0.29) is 11.4 Å². The molecule has 0 aromatic carbocycles. The van der Waals surface area contributed by atoms with E-state index in [0.717, 1.165) is 11.3 Å². The molecule has 114 valence electrons. The zero-order valence-electron chi connectivity index (χ0n) is 11.5. The summed E-state index contributed by atoms with van der Waals surface area (Å²) in [7, 11) is -3.62. The number of aromatic nitrogens is 1. The predicted molar refractivity (Wildman–Crippen MR) is 89.1 cm³/mol. The van der Waals surface area contributed by atoms with Crippen LogP contribution < -0.4 is 10.0 Å². The number of rotatable bonds is 7. The summed E-state index contributed by atoms with van der Waals surface area (Å²) in [6.07, 6.45) is 2.47. The van der Waals surface area contributed by atoms with Crippen LogP contribution in [0.3, 0.4) is 0 Å². The summed E-state index contributed by atoms with van der Waals surface area (Å²) in [5, 5.41) is 4.96. The molecule has 2 aromatic rings. The van der Waals surface area contributed by atoms with Crippen molar-refractivity contribution in [2.24, 2.45) is 0 Å². The molecule has 0 aliphatic carbocycles. The van der Waals surface area contributed by atoms with Gasteiger partial charge < -0.3 is 5.32 Å². The molecule has 21 heavy (non-hydrogen) atoms. The van der Waals surface area contributed by atoms with Crippen LogP contribution in [0.25, 0.3) is 0 Å². The highest BCUT2D eigenvalue weighted by Crippen LogP contribution is 2.23. The Morgan fingerprint density at radius 1 is 1.43 bits per heavy atom. The minimum Gasteiger partial charge on any atom is -0.369 e. The van der Waals surface area contributed by atoms with Gasteiger partial charge in [-0.3, -0.25) is 0 Å². The van der Waals surface area contributed by atoms with Crippen LogP contribution in [0.1, 0.15) is 18.2 Å². The molecule has 0 unspecified atom stereocenters. The molecule has 0 amide bonds. The van der Waals surface area contributed by atoms with Gasteiger partial charge >= 0.3 is 0 Å². The van der Waals surface area contributed by atoms with Crippen molar-refractivity contribution in [3.63, 3.8) is 0 Å². The standard InChI is InChI=1S/C13H16BrN3O2S2/c1-2-5-15-13-12(7-10(14)8-16-13)21(18,19)17-9-11-4-3-6-20-11/h3-4,6-8,17H,2,5,9H2,1H3,(H,15,16). The van der Waals surface area contributed by atoms with Crippen LogP contribution >= 0.6 is 27.3 Å². The number of nitrogens with one attached hydrogen (secondary N) is 2. The minimum atomic E-state index is -3.62. The Labute approximate surface area is 137 Å². The van der Waals surface area contributed by atoms with Crippen molar-refractivity contribution in [3.05, 3.63) is 39.1 Å². The fourth-order valence-electron chi connectivity index (χ4n) is 1.66. The molecule has 0 aliphatic heterocycles. The van der Waals surface area contributed by atoms with Crippen LogP contribution in [-0.4, -0.2) is 19.9 Å². The van der Waals surface area contributed by atoms with Crippen molar-refractivity contribution in [2.75, 3.05) is 11.9 Å². The molecule has 2 N–H and O–H groups in total. The maximum Gasteiger partial charge on any atom is 0.244 e. The predicted octanol–water partition coefficient (Wildman–Crippen LogP) is 3.21. The smallest absolute Gasteiger partial charge is 0.244 e. The first-order chi connectivity index (χ1) is 10.0. The lowest BCUT2D eigenvalue weighted by Crippen LogP contribution is -2.24. The van der Waals surface area contributed by atoms with Crippen molar-refractivity contribution in [3.8, 4) is 0 Å². The van der Waals surface area contributed by atoms with Gasteiger partial charge in [-0.25, -0.2) is 18.1 Å². The zero-order valence-corrected chi connectivity index (χ0v) is 14.7. The van der Waals surface area contributed by atoms with Crippen LogP contribution in [0.15, 0.2) is 39.1 Å². The minimum absolute atomic E-state index is 0.155. The molecule has 5 nitrogen and oxygen atoms in total. The average Bonchev–Trinajstić information content (AvgIpc) is 2.97. The van der Waals surface area contributed by atoms with E-state index in [1.54, 1.807) is 12.3 Å². The molecule has 0 saturated carbocycles. The average molecular weight is 390 g/mol. The number of hydrogen-bond acceptors (Lipinski definition) is 5. The molecule has 0 radical (unpaired) electrons. The Balaban J connectivity index is 2.23. The second kappa shape index (κ2) is 7.35. The van der Waals surface area contributed by atoms with Gasteiger partial charge in [-0.15, -0.1) is 11.3 Å². The number of thiophene rings is 1. The first kappa shape index (κ1) is 16.4. The van der Waals surface area contributed by atoms with Crippen LogP contribution in [-0.2, 0) is 16.6 Å². The van der Waals surface area contributed by atoms with Gasteiger partial charge in [0, 0.05) is 28.6 Å². The van der Waals surface area contributed by atoms with Crippen molar-refractivity contribution in [1.29, 1.82) is 0 Å². The normalized spacial score (nSPS) is 11.5. The molecule has 0 bridgehead atoms. The molecule has 0 atom stereocenters. The summed E-state index contributed by atoms with van der Waals surface area (Å²) in [6, 6.07) is 5.34. The van der Waals surface area contributed by atoms with E-state index >= 15 is 0 Å². The lowest BCUT2D eigenvalue weighted by atomic mass is 10.4. The molecular weight excluding hydrogens is 374 g/mol. The summed E-state index contributed by atoms with van der Waals surface area (Å²) in [5.41, 5.74) is 0. The highest BCUT2D eigenvalue weighted by atomic mass is 79.9. The van der Waals surface area contributed by atoms with Crippen molar-refractivity contribution < 1.29 is 8.42 Å². The van der Waals surface area contributed by atoms with Crippen LogP contribution in [0.2, 0.25) is 0 Å². The maximum absolute atomic E-state index is 12.5. The molecule has 8 heteroatoms. The molecule has 2 aromatic heterocycles. The largest absolute Gasteiger partial charge is 0.369 e. The number of pyridine rings is 1. The number of nitrogens with zero attached hydrogens (tertiary/aromatic N) is 1. The highest BCUT2D eigenvalue weighted by Gasteiger charge is 2.20. The van der Waals surface area contributed by atoms with Gasteiger partial charge in [0.15, 0.2) is 0 Å². The summed E-state index contributed by atoms with van der Waals surface area (Å²) < 4.78 is 28.1. The molecule has 0 spiro atoms. The fraction of sp³-hybridized carbons (Fsp3) is 0.308. The number of halogens is 1. The van der Waals surface area contributed by atoms with E-state index in [4.69, 9.17) is 0 Å². The summed E-state index contributed by atoms with van der Waals surface area (Å²) in [4.78, 5) is 5.27. The highest BCUT2D eigenvalue weighted by molar-refractivity contribution is 9.10. The quantitative estimate of drug-likeness (QED) is 0.762. The van der Waals surface area contributed by atoms with Gasteiger partial charge in [0.05, 0.1) is 0 Å². The Hall–Kier alpha value is -0.960. The molecule has 0 saturated heterocycles. The fourth-order valence-corrected chi connectivity index (χ4v) is 4.04. The SMILES string of the molecule is CCCNc1ncc(Br)cc1S(=O)(=O)NCc1cccs1. The van der Waals surface area contributed by atoms with Gasteiger partial charge in [0.1, 0.15) is 10.7 Å². The van der Waals surface area contributed by atoms with Gasteiger partial charge in [0.25, 0.3) is 0 Å². The summed E-state index contributed by atoms with van der Waals surface area (Å²) >= 11 is 4.78. The number of hydrogen-bond donors (Lipinski definition) is 2. The molecule has 2 rings (SSSR count). The van der Waals surface area contributed by atoms with Gasteiger partial charge in [-0.1, -0.05) is 13.0 Å². The Morgan fingerprint density at radius 3 is 2.90 bits per heavy atom. The molecule has 0 fully saturated rings. The maximum atomic E-state index is 12.5. The van der Waals surface area contributed by atoms with Crippen molar-refractivity contribution in [1.82, 2.24) is 9.71 Å². The van der Waals surface area contributed by atoms with Crippen LogP contribution in [0.4, 0.5) is 5.82 Å². The summed E-state index contributed by atoms with van der Waals surface area (Å²) in [5.74, 6) is 0.374. The van der Waals surface area contributed by atoms with E-state index in [1.165, 1.54) is 11.3 Å². The summed E-state index contributed by atoms with van der Waals surface area (Å²) in [6.45, 7) is 2.96. The van der Waals surface area contributed by atoms with Gasteiger partial charge in [-0.2, -0.15) is 0 Å². The Kier molecular flexibility index (Phi) is 5.74. The third-order valence-electron chi connectivity index (χ3n) is 2.67. The van der Waals surface area contributed by atoms with E-state index in [2.05, 4.69) is 31.0 Å². The number of sulfonamides is 1. The zero-order chi connectivity index (χ0) is 15.3. The molecule has 2 heterocycles. The van der Waals surface area contributed by atoms with Gasteiger partial charge in [0.2, 0.25) is 10.0 Å². The van der Waals surface area contributed by atoms with Gasteiger partial charge in [-0.05, 0) is 39.9 Å². The van der Waals surface area contributed by atoms with E-state index in [1.807, 2.05) is 24.4 Å². The Morgan fingerprint density at radius 2 is 2.24 bits per heavy atom. The lowest BCUT2D eigenvalue weighted by Gasteiger charge is -2.12. The second-order valence-electron chi connectivity index (χ2n) is 4.33.